The van der Waals surface area contributed by atoms with E-state index in [2.05, 4.69) is 11.4 Å². The molecular formula is C18H15ClN2O2S. The van der Waals surface area contributed by atoms with E-state index in [1.165, 1.54) is 16.2 Å². The quantitative estimate of drug-likeness (QED) is 0.879. The molecule has 1 aromatic heterocycles. The Hall–Kier alpha value is -2.03. The van der Waals surface area contributed by atoms with Crippen LogP contribution in [0.25, 0.3) is 0 Å². The van der Waals surface area contributed by atoms with Crippen molar-refractivity contribution < 1.29 is 9.53 Å². The topological polar surface area (TPSA) is 62.1 Å². The molecule has 1 unspecified atom stereocenters. The number of aryl methyl sites for hydroxylation is 1. The van der Waals surface area contributed by atoms with Crippen LogP contribution >= 0.6 is 22.9 Å². The summed E-state index contributed by atoms with van der Waals surface area (Å²) in [4.78, 5) is 13.8. The van der Waals surface area contributed by atoms with Crippen molar-refractivity contribution in [1.29, 1.82) is 5.26 Å². The largest absolute Gasteiger partial charge is 0.480 e. The van der Waals surface area contributed by atoms with Crippen molar-refractivity contribution in [2.45, 2.75) is 38.2 Å². The zero-order valence-corrected chi connectivity index (χ0v) is 14.5. The van der Waals surface area contributed by atoms with Gasteiger partial charge in [-0.3, -0.25) is 4.79 Å². The number of amides is 1. The highest BCUT2D eigenvalue weighted by Crippen LogP contribution is 2.38. The molecule has 6 heteroatoms. The van der Waals surface area contributed by atoms with E-state index in [4.69, 9.17) is 16.3 Å². The number of benzene rings is 1. The van der Waals surface area contributed by atoms with Crippen LogP contribution in [0.3, 0.4) is 0 Å². The van der Waals surface area contributed by atoms with Crippen molar-refractivity contribution in [3.05, 3.63) is 44.8 Å². The van der Waals surface area contributed by atoms with Crippen LogP contribution in [0.15, 0.2) is 18.2 Å². The van der Waals surface area contributed by atoms with E-state index in [1.807, 2.05) is 6.07 Å². The summed E-state index contributed by atoms with van der Waals surface area (Å²) in [5, 5.41) is 13.7. The fourth-order valence-electron chi connectivity index (χ4n) is 3.33. The molecule has 0 saturated carbocycles. The second kappa shape index (κ2) is 6.12. The molecule has 122 valence electrons. The summed E-state index contributed by atoms with van der Waals surface area (Å²) in [6.45, 7) is 0. The molecule has 2 heterocycles. The average Bonchev–Trinajstić information content (AvgIpc) is 3.14. The molecule has 1 N–H and O–H groups in total. The number of nitrogens with one attached hydrogen (secondary N) is 1. The zero-order valence-electron chi connectivity index (χ0n) is 12.9. The fourth-order valence-corrected chi connectivity index (χ4v) is 4.77. The molecule has 1 aliphatic carbocycles. The summed E-state index contributed by atoms with van der Waals surface area (Å²) >= 11 is 7.52. The minimum absolute atomic E-state index is 0.211. The van der Waals surface area contributed by atoms with Crippen LogP contribution in [0, 0.1) is 11.3 Å². The summed E-state index contributed by atoms with van der Waals surface area (Å²) in [7, 11) is 0. The molecule has 2 aromatic rings. The standard InChI is InChI=1S/C18H15ClN2O2S/c19-11-5-6-14-10(7-11)8-15(23-14)17(22)21-18-13(9-20)12-3-1-2-4-16(12)24-18/h5-7,15H,1-4,8H2,(H,21,22). The molecule has 0 saturated heterocycles. The number of fused-ring (bicyclic) bond motifs is 2. The SMILES string of the molecule is N#Cc1c(NC(=O)C2Cc3cc(Cl)ccc3O2)sc2c1CCCC2. The van der Waals surface area contributed by atoms with E-state index in [0.717, 1.165) is 36.8 Å². The lowest BCUT2D eigenvalue weighted by atomic mass is 9.96. The van der Waals surface area contributed by atoms with Crippen molar-refractivity contribution in [2.75, 3.05) is 5.32 Å². The Balaban J connectivity index is 1.54. The number of thiophene rings is 1. The number of hydrogen-bond donors (Lipinski definition) is 1. The highest BCUT2D eigenvalue weighted by Gasteiger charge is 2.31. The first-order valence-corrected chi connectivity index (χ1v) is 9.15. The van der Waals surface area contributed by atoms with Gasteiger partial charge in [0.15, 0.2) is 6.10 Å². The average molecular weight is 359 g/mol. The Kier molecular flexibility index (Phi) is 3.95. The van der Waals surface area contributed by atoms with Crippen LogP contribution in [0.4, 0.5) is 5.00 Å². The number of hydrogen-bond acceptors (Lipinski definition) is 4. The van der Waals surface area contributed by atoms with Crippen molar-refractivity contribution in [2.24, 2.45) is 0 Å². The molecule has 4 nitrogen and oxygen atoms in total. The van der Waals surface area contributed by atoms with Gasteiger partial charge in [-0.1, -0.05) is 11.6 Å². The van der Waals surface area contributed by atoms with E-state index in [0.29, 0.717) is 27.8 Å². The van der Waals surface area contributed by atoms with Crippen LogP contribution in [-0.2, 0) is 24.1 Å². The van der Waals surface area contributed by atoms with Crippen molar-refractivity contribution in [3.63, 3.8) is 0 Å². The lowest BCUT2D eigenvalue weighted by molar-refractivity contribution is -0.122. The lowest BCUT2D eigenvalue weighted by Crippen LogP contribution is -2.31. The first-order chi connectivity index (χ1) is 11.7. The van der Waals surface area contributed by atoms with Gasteiger partial charge in [0.2, 0.25) is 0 Å². The third kappa shape index (κ3) is 2.66. The molecule has 0 fully saturated rings. The molecule has 1 aromatic carbocycles. The summed E-state index contributed by atoms with van der Waals surface area (Å²) in [6.07, 6.45) is 4.09. The number of halogens is 1. The normalized spacial score (nSPS) is 18.2. The van der Waals surface area contributed by atoms with E-state index in [9.17, 15) is 10.1 Å². The summed E-state index contributed by atoms with van der Waals surface area (Å²) in [5.74, 6) is 0.489. The van der Waals surface area contributed by atoms with Gasteiger partial charge in [0.25, 0.3) is 5.91 Å². The van der Waals surface area contributed by atoms with Gasteiger partial charge in [-0.15, -0.1) is 11.3 Å². The number of nitrogens with zero attached hydrogens (tertiary/aromatic N) is 1. The van der Waals surface area contributed by atoms with Crippen LogP contribution in [-0.4, -0.2) is 12.0 Å². The Morgan fingerprint density at radius 2 is 2.21 bits per heavy atom. The Morgan fingerprint density at radius 1 is 1.38 bits per heavy atom. The van der Waals surface area contributed by atoms with Crippen molar-refractivity contribution >= 4 is 33.8 Å². The van der Waals surface area contributed by atoms with E-state index >= 15 is 0 Å². The maximum atomic E-state index is 12.6. The highest BCUT2D eigenvalue weighted by atomic mass is 35.5. The minimum atomic E-state index is -0.580. The number of carbonyl (C=O) groups excluding carboxylic acids is 1. The molecule has 0 spiro atoms. The summed E-state index contributed by atoms with van der Waals surface area (Å²) in [5.41, 5.74) is 2.68. The molecule has 24 heavy (non-hydrogen) atoms. The maximum absolute atomic E-state index is 12.6. The van der Waals surface area contributed by atoms with Gasteiger partial charge >= 0.3 is 0 Å². The Labute approximate surface area is 149 Å². The van der Waals surface area contributed by atoms with Gasteiger partial charge in [0, 0.05) is 16.3 Å². The molecule has 4 rings (SSSR count). The maximum Gasteiger partial charge on any atom is 0.266 e. The molecule has 1 amide bonds. The Morgan fingerprint density at radius 3 is 3.04 bits per heavy atom. The minimum Gasteiger partial charge on any atom is -0.480 e. The number of rotatable bonds is 2. The van der Waals surface area contributed by atoms with Gasteiger partial charge in [0.05, 0.1) is 5.56 Å². The fraction of sp³-hybridized carbons (Fsp3) is 0.333. The predicted octanol–water partition coefficient (Wildman–Crippen LogP) is 4.09. The number of nitriles is 1. The zero-order chi connectivity index (χ0) is 16.7. The van der Waals surface area contributed by atoms with Gasteiger partial charge in [-0.05, 0) is 55.0 Å². The van der Waals surface area contributed by atoms with Crippen molar-refractivity contribution in [3.8, 4) is 11.8 Å². The number of ether oxygens (including phenoxy) is 1. The number of carbonyl (C=O) groups is 1. The molecule has 2 aliphatic rings. The predicted molar refractivity (Wildman–Crippen MR) is 93.9 cm³/mol. The third-order valence-corrected chi connectivity index (χ3v) is 5.95. The highest BCUT2D eigenvalue weighted by molar-refractivity contribution is 7.16. The first-order valence-electron chi connectivity index (χ1n) is 7.96. The summed E-state index contributed by atoms with van der Waals surface area (Å²) in [6, 6.07) is 7.63. The number of anilines is 1. The molecule has 0 radical (unpaired) electrons. The van der Waals surface area contributed by atoms with Gasteiger partial charge < -0.3 is 10.1 Å². The monoisotopic (exact) mass is 358 g/mol. The van der Waals surface area contributed by atoms with E-state index < -0.39 is 6.10 Å². The second-order valence-corrected chi connectivity index (χ2v) is 7.62. The lowest BCUT2D eigenvalue weighted by Gasteiger charge is -2.10. The van der Waals surface area contributed by atoms with E-state index in [-0.39, 0.29) is 5.91 Å². The molecule has 1 aliphatic heterocycles. The smallest absolute Gasteiger partial charge is 0.266 e. The summed E-state index contributed by atoms with van der Waals surface area (Å²) < 4.78 is 5.72. The van der Waals surface area contributed by atoms with Gasteiger partial charge in [-0.2, -0.15) is 5.26 Å². The van der Waals surface area contributed by atoms with Gasteiger partial charge in [0.1, 0.15) is 16.8 Å². The first kappa shape index (κ1) is 15.5. The van der Waals surface area contributed by atoms with Crippen LogP contribution in [0.5, 0.6) is 5.75 Å². The van der Waals surface area contributed by atoms with E-state index in [1.54, 1.807) is 12.1 Å². The van der Waals surface area contributed by atoms with Crippen LogP contribution in [0.2, 0.25) is 5.02 Å². The van der Waals surface area contributed by atoms with Crippen molar-refractivity contribution in [1.82, 2.24) is 0 Å². The van der Waals surface area contributed by atoms with Crippen LogP contribution < -0.4 is 10.1 Å². The van der Waals surface area contributed by atoms with Gasteiger partial charge in [-0.25, -0.2) is 0 Å². The molecule has 1 atom stereocenters. The molecular weight excluding hydrogens is 344 g/mol. The third-order valence-electron chi connectivity index (χ3n) is 4.51. The molecule has 0 bridgehead atoms. The second-order valence-electron chi connectivity index (χ2n) is 6.08. The Bertz CT molecular complexity index is 869. The van der Waals surface area contributed by atoms with Crippen LogP contribution in [0.1, 0.15) is 34.4 Å².